The molecule has 1 saturated heterocycles. The highest BCUT2D eigenvalue weighted by Gasteiger charge is 2.36. The van der Waals surface area contributed by atoms with Crippen LogP contribution in [0.5, 0.6) is 11.5 Å². The molecule has 186 valence electrons. The lowest BCUT2D eigenvalue weighted by Crippen LogP contribution is -2.27. The van der Waals surface area contributed by atoms with E-state index < -0.39 is 17.6 Å². The molecule has 0 aromatic heterocycles. The molecule has 0 unspecified atom stereocenters. The van der Waals surface area contributed by atoms with E-state index in [2.05, 4.69) is 0 Å². The Morgan fingerprint density at radius 1 is 1.08 bits per heavy atom. The number of hydrogen-bond acceptors (Lipinski definition) is 5. The van der Waals surface area contributed by atoms with E-state index in [4.69, 9.17) is 44.9 Å². The van der Waals surface area contributed by atoms with Gasteiger partial charge >= 0.3 is 6.18 Å². The van der Waals surface area contributed by atoms with Gasteiger partial charge in [0.05, 0.1) is 23.3 Å². The summed E-state index contributed by atoms with van der Waals surface area (Å²) < 4.78 is 51.1. The fourth-order valence-corrected chi connectivity index (χ4v) is 5.16. The van der Waals surface area contributed by atoms with Crippen molar-refractivity contribution in [3.63, 3.8) is 0 Å². The molecule has 0 aliphatic carbocycles. The third-order valence-corrected chi connectivity index (χ3v) is 7.02. The number of rotatable bonds is 6. The number of methoxy groups -OCH3 is 1. The van der Waals surface area contributed by atoms with Crippen LogP contribution in [0.4, 0.5) is 18.9 Å². The summed E-state index contributed by atoms with van der Waals surface area (Å²) in [6.45, 7) is 0.0996. The lowest BCUT2D eigenvalue weighted by molar-refractivity contribution is -0.137. The van der Waals surface area contributed by atoms with E-state index >= 15 is 0 Å². The number of benzene rings is 3. The van der Waals surface area contributed by atoms with Crippen LogP contribution in [0.15, 0.2) is 65.6 Å². The second-order valence-electron chi connectivity index (χ2n) is 7.47. The Labute approximate surface area is 224 Å². The number of halogens is 5. The van der Waals surface area contributed by atoms with Gasteiger partial charge in [-0.15, -0.1) is 0 Å². The Morgan fingerprint density at radius 3 is 2.53 bits per heavy atom. The highest BCUT2D eigenvalue weighted by atomic mass is 35.5. The second-order valence-corrected chi connectivity index (χ2v) is 9.99. The van der Waals surface area contributed by atoms with E-state index in [9.17, 15) is 18.0 Å². The number of carbonyl (C=O) groups is 1. The Morgan fingerprint density at radius 2 is 1.83 bits per heavy atom. The molecular weight excluding hydrogens is 554 g/mol. The van der Waals surface area contributed by atoms with Gasteiger partial charge in [0.15, 0.2) is 15.8 Å². The van der Waals surface area contributed by atoms with Crippen molar-refractivity contribution in [1.29, 1.82) is 0 Å². The van der Waals surface area contributed by atoms with E-state index in [-0.39, 0.29) is 21.5 Å². The van der Waals surface area contributed by atoms with Crippen LogP contribution in [0.3, 0.4) is 0 Å². The number of para-hydroxylation sites is 1. The number of nitrogens with zero attached hydrogens (tertiary/aromatic N) is 1. The Kier molecular flexibility index (Phi) is 7.85. The largest absolute Gasteiger partial charge is 0.493 e. The molecule has 0 spiro atoms. The van der Waals surface area contributed by atoms with Gasteiger partial charge in [-0.2, -0.15) is 13.2 Å². The van der Waals surface area contributed by atoms with Crippen molar-refractivity contribution in [3.8, 4) is 11.5 Å². The number of thioether (sulfide) groups is 1. The molecular formula is C25H16Cl2F3NO3S2. The van der Waals surface area contributed by atoms with Crippen LogP contribution >= 0.6 is 47.2 Å². The van der Waals surface area contributed by atoms with Gasteiger partial charge in [-0.25, -0.2) is 0 Å². The summed E-state index contributed by atoms with van der Waals surface area (Å²) in [7, 11) is 1.48. The monoisotopic (exact) mass is 569 g/mol. The van der Waals surface area contributed by atoms with Gasteiger partial charge in [-0.3, -0.25) is 9.69 Å². The zero-order valence-corrected chi connectivity index (χ0v) is 21.6. The summed E-state index contributed by atoms with van der Waals surface area (Å²) in [5, 5.41) is 0.922. The lowest BCUT2D eigenvalue weighted by atomic mass is 10.1. The molecule has 36 heavy (non-hydrogen) atoms. The van der Waals surface area contributed by atoms with Crippen molar-refractivity contribution in [3.05, 3.63) is 92.3 Å². The zero-order chi connectivity index (χ0) is 26.0. The van der Waals surface area contributed by atoms with Gasteiger partial charge in [0, 0.05) is 21.2 Å². The first-order valence-corrected chi connectivity index (χ1v) is 12.3. The molecule has 3 aromatic carbocycles. The number of ether oxygens (including phenoxy) is 2. The van der Waals surface area contributed by atoms with Crippen LogP contribution < -0.4 is 14.4 Å². The molecule has 1 heterocycles. The average molecular weight is 570 g/mol. The Bertz CT molecular complexity index is 1380. The van der Waals surface area contributed by atoms with Crippen molar-refractivity contribution >= 4 is 69.2 Å². The molecule has 1 fully saturated rings. The fourth-order valence-electron chi connectivity index (χ4n) is 3.40. The molecule has 0 radical (unpaired) electrons. The SMILES string of the molecule is COc1cccc(/C=C2\SC(=S)N(c3cccc(C(F)(F)F)c3)C2=O)c1OCc1ccc(Cl)cc1Cl. The highest BCUT2D eigenvalue weighted by molar-refractivity contribution is 8.27. The van der Waals surface area contributed by atoms with Crippen molar-refractivity contribution in [2.45, 2.75) is 12.8 Å². The number of anilines is 1. The first-order valence-electron chi connectivity index (χ1n) is 10.3. The van der Waals surface area contributed by atoms with Crippen molar-refractivity contribution in [1.82, 2.24) is 0 Å². The molecule has 1 amide bonds. The molecule has 11 heteroatoms. The molecule has 4 rings (SSSR count). The topological polar surface area (TPSA) is 38.8 Å². The minimum atomic E-state index is -4.55. The number of hydrogen-bond donors (Lipinski definition) is 0. The molecule has 3 aromatic rings. The Hall–Kier alpha value is -2.72. The average Bonchev–Trinajstić information content (AvgIpc) is 3.11. The minimum Gasteiger partial charge on any atom is -0.493 e. The molecule has 1 aliphatic rings. The molecule has 0 atom stereocenters. The predicted molar refractivity (Wildman–Crippen MR) is 141 cm³/mol. The summed E-state index contributed by atoms with van der Waals surface area (Å²) in [4.78, 5) is 14.5. The van der Waals surface area contributed by atoms with E-state index in [0.717, 1.165) is 28.8 Å². The van der Waals surface area contributed by atoms with E-state index in [1.165, 1.54) is 19.2 Å². The summed E-state index contributed by atoms with van der Waals surface area (Å²) in [5.74, 6) is 0.233. The third kappa shape index (κ3) is 5.64. The van der Waals surface area contributed by atoms with Crippen LogP contribution in [-0.2, 0) is 17.6 Å². The highest BCUT2D eigenvalue weighted by Crippen LogP contribution is 2.41. The third-order valence-electron chi connectivity index (χ3n) is 5.13. The zero-order valence-electron chi connectivity index (χ0n) is 18.4. The summed E-state index contributed by atoms with van der Waals surface area (Å²) in [6.07, 6.45) is -2.99. The van der Waals surface area contributed by atoms with Crippen molar-refractivity contribution in [2.75, 3.05) is 12.0 Å². The quantitative estimate of drug-likeness (QED) is 0.222. The summed E-state index contributed by atoms with van der Waals surface area (Å²) in [5.41, 5.74) is 0.371. The maximum absolute atomic E-state index is 13.2. The predicted octanol–water partition coefficient (Wildman–Crippen LogP) is 8.01. The molecule has 0 N–H and O–H groups in total. The van der Waals surface area contributed by atoms with Gasteiger partial charge in [0.2, 0.25) is 0 Å². The maximum atomic E-state index is 13.2. The normalized spacial score (nSPS) is 15.1. The van der Waals surface area contributed by atoms with Crippen LogP contribution in [0.25, 0.3) is 6.08 Å². The fraction of sp³-hybridized carbons (Fsp3) is 0.120. The van der Waals surface area contributed by atoms with Gasteiger partial charge < -0.3 is 9.47 Å². The standard InChI is InChI=1S/C25H16Cl2F3NO3S2/c1-33-20-7-2-4-14(22(20)34-13-15-8-9-17(26)12-19(15)27)10-21-23(32)31(24(35)36-21)18-6-3-5-16(11-18)25(28,29)30/h2-12H,13H2,1H3/b21-10-. The lowest BCUT2D eigenvalue weighted by Gasteiger charge is -2.16. The minimum absolute atomic E-state index is 0.0372. The van der Waals surface area contributed by atoms with Crippen LogP contribution in [-0.4, -0.2) is 17.3 Å². The summed E-state index contributed by atoms with van der Waals surface area (Å²) >= 11 is 18.5. The first-order chi connectivity index (χ1) is 17.1. The molecule has 4 nitrogen and oxygen atoms in total. The molecule has 1 aliphatic heterocycles. The van der Waals surface area contributed by atoms with E-state index in [1.807, 2.05) is 0 Å². The van der Waals surface area contributed by atoms with Gasteiger partial charge in [0.1, 0.15) is 6.61 Å². The van der Waals surface area contributed by atoms with Gasteiger partial charge in [0.25, 0.3) is 5.91 Å². The molecule has 0 saturated carbocycles. The smallest absolute Gasteiger partial charge is 0.416 e. The van der Waals surface area contributed by atoms with E-state index in [1.54, 1.807) is 42.5 Å². The van der Waals surface area contributed by atoms with Gasteiger partial charge in [-0.05, 0) is 42.5 Å². The summed E-state index contributed by atoms with van der Waals surface area (Å²) in [6, 6.07) is 14.6. The van der Waals surface area contributed by atoms with Crippen LogP contribution in [0.1, 0.15) is 16.7 Å². The first kappa shape index (κ1) is 26.3. The maximum Gasteiger partial charge on any atom is 0.416 e. The van der Waals surface area contributed by atoms with E-state index in [0.29, 0.717) is 32.7 Å². The number of alkyl halides is 3. The second kappa shape index (κ2) is 10.7. The number of thiocarbonyl (C=S) groups is 1. The molecule has 0 bridgehead atoms. The van der Waals surface area contributed by atoms with Crippen LogP contribution in [0, 0.1) is 0 Å². The van der Waals surface area contributed by atoms with Gasteiger partial charge in [-0.1, -0.05) is 71.4 Å². The van der Waals surface area contributed by atoms with Crippen LogP contribution in [0.2, 0.25) is 10.0 Å². The Balaban J connectivity index is 1.65. The van der Waals surface area contributed by atoms with Crippen molar-refractivity contribution < 1.29 is 27.4 Å². The number of amides is 1. The number of carbonyl (C=O) groups excluding carboxylic acids is 1. The van der Waals surface area contributed by atoms with Crippen molar-refractivity contribution in [2.24, 2.45) is 0 Å².